The van der Waals surface area contributed by atoms with Gasteiger partial charge in [0.1, 0.15) is 0 Å². The second-order valence-electron chi connectivity index (χ2n) is 6.65. The standard InChI is InChI=1S/C17H21FN6O/c1-23-9-10(6-21-23)15-13-12(8-20-17(13)25)14(18)16(22-15)24(2)11-4-3-5-19-7-11/h6,9,11,19H,3-5,7-8H2,1-2H3,(H,20,25). The molecular weight excluding hydrogens is 323 g/mol. The van der Waals surface area contributed by atoms with Crippen LogP contribution >= 0.6 is 0 Å². The molecule has 132 valence electrons. The summed E-state index contributed by atoms with van der Waals surface area (Å²) in [6, 6.07) is 0.181. The highest BCUT2D eigenvalue weighted by Crippen LogP contribution is 2.34. The molecule has 2 aromatic heterocycles. The van der Waals surface area contributed by atoms with E-state index >= 15 is 4.39 Å². The van der Waals surface area contributed by atoms with Crippen LogP contribution in [0.2, 0.25) is 0 Å². The van der Waals surface area contributed by atoms with Crippen molar-refractivity contribution in [3.8, 4) is 11.3 Å². The number of halogens is 1. The molecule has 4 heterocycles. The number of nitrogens with zero attached hydrogens (tertiary/aromatic N) is 4. The van der Waals surface area contributed by atoms with Crippen LogP contribution in [-0.4, -0.2) is 46.9 Å². The minimum Gasteiger partial charge on any atom is -0.353 e. The van der Waals surface area contributed by atoms with Gasteiger partial charge in [-0.3, -0.25) is 9.48 Å². The number of fused-ring (bicyclic) bond motifs is 1. The highest BCUT2D eigenvalue weighted by molar-refractivity contribution is 6.04. The lowest BCUT2D eigenvalue weighted by Gasteiger charge is -2.33. The Balaban J connectivity index is 1.84. The number of nitrogens with one attached hydrogen (secondary N) is 2. The predicted octanol–water partition coefficient (Wildman–Crippen LogP) is 1.05. The highest BCUT2D eigenvalue weighted by Gasteiger charge is 2.32. The van der Waals surface area contributed by atoms with Crippen molar-refractivity contribution in [2.24, 2.45) is 7.05 Å². The third kappa shape index (κ3) is 2.66. The van der Waals surface area contributed by atoms with Gasteiger partial charge in [0.15, 0.2) is 11.6 Å². The lowest BCUT2D eigenvalue weighted by atomic mass is 10.0. The summed E-state index contributed by atoms with van der Waals surface area (Å²) >= 11 is 0. The molecule has 1 saturated heterocycles. The summed E-state index contributed by atoms with van der Waals surface area (Å²) in [5.74, 6) is -0.398. The summed E-state index contributed by atoms with van der Waals surface area (Å²) in [7, 11) is 3.67. The van der Waals surface area contributed by atoms with Crippen LogP contribution < -0.4 is 15.5 Å². The number of aryl methyl sites for hydroxylation is 1. The number of hydrogen-bond donors (Lipinski definition) is 2. The molecule has 7 nitrogen and oxygen atoms in total. The first-order chi connectivity index (χ1) is 12.1. The molecule has 4 rings (SSSR count). The van der Waals surface area contributed by atoms with E-state index in [4.69, 9.17) is 0 Å². The van der Waals surface area contributed by atoms with Crippen molar-refractivity contribution in [1.82, 2.24) is 25.4 Å². The number of likely N-dealkylation sites (N-methyl/N-ethyl adjacent to an activating group) is 1. The Morgan fingerprint density at radius 1 is 1.44 bits per heavy atom. The van der Waals surface area contributed by atoms with E-state index in [9.17, 15) is 4.79 Å². The maximum absolute atomic E-state index is 15.1. The minimum atomic E-state index is -0.408. The molecule has 2 aliphatic rings. The molecule has 2 N–H and O–H groups in total. The number of piperidine rings is 1. The van der Waals surface area contributed by atoms with Crippen LogP contribution in [0.4, 0.5) is 10.2 Å². The summed E-state index contributed by atoms with van der Waals surface area (Å²) < 4.78 is 16.8. The van der Waals surface area contributed by atoms with Crippen molar-refractivity contribution in [2.75, 3.05) is 25.0 Å². The van der Waals surface area contributed by atoms with Gasteiger partial charge >= 0.3 is 0 Å². The fraction of sp³-hybridized carbons (Fsp3) is 0.471. The number of amides is 1. The van der Waals surface area contributed by atoms with Gasteiger partial charge < -0.3 is 15.5 Å². The lowest BCUT2D eigenvalue weighted by molar-refractivity contribution is 0.0966. The second kappa shape index (κ2) is 6.11. The van der Waals surface area contributed by atoms with E-state index < -0.39 is 5.82 Å². The fourth-order valence-electron chi connectivity index (χ4n) is 3.59. The van der Waals surface area contributed by atoms with Gasteiger partial charge in [-0.2, -0.15) is 5.10 Å². The second-order valence-corrected chi connectivity index (χ2v) is 6.65. The third-order valence-corrected chi connectivity index (χ3v) is 5.00. The maximum Gasteiger partial charge on any atom is 0.254 e. The van der Waals surface area contributed by atoms with Crippen LogP contribution in [0.3, 0.4) is 0 Å². The number of aromatic nitrogens is 3. The number of carbonyl (C=O) groups excluding carboxylic acids is 1. The number of rotatable bonds is 3. The van der Waals surface area contributed by atoms with Crippen LogP contribution in [0.5, 0.6) is 0 Å². The molecule has 8 heteroatoms. The summed E-state index contributed by atoms with van der Waals surface area (Å²) in [6.07, 6.45) is 5.48. The molecule has 2 aromatic rings. The molecule has 0 bridgehead atoms. The molecule has 0 saturated carbocycles. The summed E-state index contributed by atoms with van der Waals surface area (Å²) in [5.41, 5.74) is 1.92. The Hall–Kier alpha value is -2.48. The zero-order valence-corrected chi connectivity index (χ0v) is 14.3. The quantitative estimate of drug-likeness (QED) is 0.871. The first-order valence-electron chi connectivity index (χ1n) is 8.49. The van der Waals surface area contributed by atoms with Crippen molar-refractivity contribution in [3.63, 3.8) is 0 Å². The SMILES string of the molecule is CN(c1nc(-c2cnn(C)c2)c2c(c1F)CNC2=O)C1CCCNC1. The average Bonchev–Trinajstić information content (AvgIpc) is 3.22. The Morgan fingerprint density at radius 3 is 2.96 bits per heavy atom. The Bertz CT molecular complexity index is 827. The third-order valence-electron chi connectivity index (χ3n) is 5.00. The molecule has 0 radical (unpaired) electrons. The number of pyridine rings is 1. The molecule has 1 fully saturated rings. The van der Waals surface area contributed by atoms with Crippen molar-refractivity contribution >= 4 is 11.7 Å². The van der Waals surface area contributed by atoms with Gasteiger partial charge in [0, 0.05) is 50.6 Å². The fourth-order valence-corrected chi connectivity index (χ4v) is 3.59. The molecule has 1 unspecified atom stereocenters. The van der Waals surface area contributed by atoms with E-state index in [2.05, 4.69) is 20.7 Å². The first-order valence-corrected chi connectivity index (χ1v) is 8.49. The van der Waals surface area contributed by atoms with Crippen LogP contribution in [0.1, 0.15) is 28.8 Å². The van der Waals surface area contributed by atoms with E-state index in [-0.39, 0.29) is 18.5 Å². The van der Waals surface area contributed by atoms with Crippen LogP contribution in [0.15, 0.2) is 12.4 Å². The van der Waals surface area contributed by atoms with E-state index in [1.807, 2.05) is 11.9 Å². The summed E-state index contributed by atoms with van der Waals surface area (Å²) in [4.78, 5) is 18.7. The largest absolute Gasteiger partial charge is 0.353 e. The zero-order chi connectivity index (χ0) is 17.6. The summed E-state index contributed by atoms with van der Waals surface area (Å²) in [6.45, 7) is 1.98. The lowest BCUT2D eigenvalue weighted by Crippen LogP contribution is -2.45. The van der Waals surface area contributed by atoms with E-state index in [1.165, 1.54) is 0 Å². The van der Waals surface area contributed by atoms with Gasteiger partial charge in [0.2, 0.25) is 0 Å². The van der Waals surface area contributed by atoms with Crippen molar-refractivity contribution < 1.29 is 9.18 Å². The maximum atomic E-state index is 15.1. The minimum absolute atomic E-state index is 0.181. The molecular formula is C17H21FN6O. The molecule has 2 aliphatic heterocycles. The van der Waals surface area contributed by atoms with E-state index in [1.54, 1.807) is 24.1 Å². The Kier molecular flexibility index (Phi) is 3.91. The van der Waals surface area contributed by atoms with Gasteiger partial charge in [0.25, 0.3) is 5.91 Å². The number of carbonyl (C=O) groups is 1. The van der Waals surface area contributed by atoms with Crippen LogP contribution in [0.25, 0.3) is 11.3 Å². The van der Waals surface area contributed by atoms with E-state index in [0.29, 0.717) is 28.2 Å². The topological polar surface area (TPSA) is 75.1 Å². The molecule has 0 spiro atoms. The van der Waals surface area contributed by atoms with Crippen molar-refractivity contribution in [3.05, 3.63) is 29.3 Å². The smallest absolute Gasteiger partial charge is 0.254 e. The first kappa shape index (κ1) is 16.0. The predicted molar refractivity (Wildman–Crippen MR) is 91.9 cm³/mol. The van der Waals surface area contributed by atoms with Gasteiger partial charge in [0.05, 0.1) is 17.5 Å². The van der Waals surface area contributed by atoms with Crippen LogP contribution in [-0.2, 0) is 13.6 Å². The normalized spacial score (nSPS) is 19.6. The van der Waals surface area contributed by atoms with Gasteiger partial charge in [-0.1, -0.05) is 0 Å². The summed E-state index contributed by atoms with van der Waals surface area (Å²) in [5, 5.41) is 10.2. The van der Waals surface area contributed by atoms with Crippen LogP contribution in [0, 0.1) is 5.82 Å². The van der Waals surface area contributed by atoms with Gasteiger partial charge in [-0.25, -0.2) is 9.37 Å². The van der Waals surface area contributed by atoms with Gasteiger partial charge in [-0.05, 0) is 19.4 Å². The molecule has 0 aliphatic carbocycles. The van der Waals surface area contributed by atoms with E-state index in [0.717, 1.165) is 25.9 Å². The Labute approximate surface area is 145 Å². The Morgan fingerprint density at radius 2 is 2.28 bits per heavy atom. The monoisotopic (exact) mass is 344 g/mol. The highest BCUT2D eigenvalue weighted by atomic mass is 19.1. The molecule has 1 amide bonds. The van der Waals surface area contributed by atoms with Crippen molar-refractivity contribution in [1.29, 1.82) is 0 Å². The molecule has 25 heavy (non-hydrogen) atoms. The number of anilines is 1. The number of hydrogen-bond acceptors (Lipinski definition) is 5. The molecule has 0 aromatic carbocycles. The van der Waals surface area contributed by atoms with Crippen molar-refractivity contribution in [2.45, 2.75) is 25.4 Å². The van der Waals surface area contributed by atoms with Gasteiger partial charge in [-0.15, -0.1) is 0 Å². The zero-order valence-electron chi connectivity index (χ0n) is 14.3. The molecule has 1 atom stereocenters. The average molecular weight is 344 g/mol.